The van der Waals surface area contributed by atoms with Gasteiger partial charge in [-0.25, -0.2) is 0 Å². The number of carbonyl (C=O) groups is 1. The van der Waals surface area contributed by atoms with E-state index in [-0.39, 0.29) is 5.92 Å². The van der Waals surface area contributed by atoms with E-state index in [9.17, 15) is 4.79 Å². The zero-order chi connectivity index (χ0) is 7.07. The van der Waals surface area contributed by atoms with E-state index in [1.807, 2.05) is 6.92 Å². The molecule has 3 nitrogen and oxygen atoms in total. The fourth-order valence-corrected chi connectivity index (χ4v) is 1.12. The van der Waals surface area contributed by atoms with Gasteiger partial charge < -0.3 is 10.8 Å². The third-order valence-electron chi connectivity index (χ3n) is 2.04. The van der Waals surface area contributed by atoms with Gasteiger partial charge in [0.1, 0.15) is 5.54 Å². The molecule has 2 atom stereocenters. The molecule has 1 saturated carbocycles. The van der Waals surface area contributed by atoms with Crippen LogP contribution in [0, 0.1) is 5.92 Å². The van der Waals surface area contributed by atoms with Gasteiger partial charge in [-0.05, 0) is 12.3 Å². The van der Waals surface area contributed by atoms with Crippen molar-refractivity contribution in [3.05, 3.63) is 0 Å². The summed E-state index contributed by atoms with van der Waals surface area (Å²) in [7, 11) is 0. The number of carboxylic acids is 1. The number of hydrogen-bond donors (Lipinski definition) is 2. The first-order chi connectivity index (χ1) is 4.11. The Kier molecular flexibility index (Phi) is 1.24. The molecule has 0 radical (unpaired) electrons. The zero-order valence-corrected chi connectivity index (χ0v) is 5.42. The second-order valence-electron chi connectivity index (χ2n) is 2.65. The van der Waals surface area contributed by atoms with Gasteiger partial charge in [0.05, 0.1) is 0 Å². The van der Waals surface area contributed by atoms with Crippen LogP contribution in [-0.4, -0.2) is 16.6 Å². The molecule has 0 aliphatic heterocycles. The lowest BCUT2D eigenvalue weighted by Gasteiger charge is -2.01. The molecule has 0 aromatic rings. The fourth-order valence-electron chi connectivity index (χ4n) is 1.12. The van der Waals surface area contributed by atoms with Crippen LogP contribution in [-0.2, 0) is 4.79 Å². The first-order valence-electron chi connectivity index (χ1n) is 3.13. The van der Waals surface area contributed by atoms with Crippen LogP contribution in [0.1, 0.15) is 19.8 Å². The number of hydrogen-bond acceptors (Lipinski definition) is 2. The summed E-state index contributed by atoms with van der Waals surface area (Å²) < 4.78 is 0. The van der Waals surface area contributed by atoms with Crippen molar-refractivity contribution in [1.82, 2.24) is 0 Å². The number of carboxylic acid groups (broad SMARTS) is 1. The molecule has 1 fully saturated rings. The summed E-state index contributed by atoms with van der Waals surface area (Å²) in [6, 6.07) is 0. The first kappa shape index (κ1) is 6.55. The zero-order valence-electron chi connectivity index (χ0n) is 5.42. The molecule has 9 heavy (non-hydrogen) atoms. The normalized spacial score (nSPS) is 40.4. The average molecular weight is 129 g/mol. The van der Waals surface area contributed by atoms with Gasteiger partial charge in [-0.3, -0.25) is 4.79 Å². The minimum Gasteiger partial charge on any atom is -0.480 e. The second-order valence-corrected chi connectivity index (χ2v) is 2.65. The smallest absolute Gasteiger partial charge is 0.323 e. The third-order valence-corrected chi connectivity index (χ3v) is 2.04. The van der Waals surface area contributed by atoms with Crippen LogP contribution in [0.25, 0.3) is 0 Å². The van der Waals surface area contributed by atoms with Gasteiger partial charge in [-0.15, -0.1) is 0 Å². The van der Waals surface area contributed by atoms with Crippen molar-refractivity contribution in [2.75, 3.05) is 0 Å². The van der Waals surface area contributed by atoms with Crippen LogP contribution < -0.4 is 5.73 Å². The Morgan fingerprint density at radius 2 is 2.56 bits per heavy atom. The van der Waals surface area contributed by atoms with E-state index in [2.05, 4.69) is 0 Å². The minimum absolute atomic E-state index is 0.218. The molecule has 0 aromatic heterocycles. The summed E-state index contributed by atoms with van der Waals surface area (Å²) >= 11 is 0. The van der Waals surface area contributed by atoms with Crippen LogP contribution in [0.15, 0.2) is 0 Å². The fraction of sp³-hybridized carbons (Fsp3) is 0.833. The number of aliphatic carboxylic acids is 1. The summed E-state index contributed by atoms with van der Waals surface area (Å²) in [5.74, 6) is -0.635. The Morgan fingerprint density at radius 1 is 2.00 bits per heavy atom. The lowest BCUT2D eigenvalue weighted by atomic mass is 10.2. The number of rotatable bonds is 2. The molecule has 0 aromatic carbocycles. The molecule has 0 bridgehead atoms. The molecule has 0 amide bonds. The largest absolute Gasteiger partial charge is 0.480 e. The minimum atomic E-state index is -0.866. The lowest BCUT2D eigenvalue weighted by Crippen LogP contribution is -2.34. The van der Waals surface area contributed by atoms with E-state index >= 15 is 0 Å². The summed E-state index contributed by atoms with van der Waals surface area (Å²) in [6.45, 7) is 1.96. The molecule has 0 spiro atoms. The Hall–Kier alpha value is -0.570. The predicted octanol–water partition coefficient (Wildman–Crippen LogP) is 0.198. The molecule has 1 aliphatic carbocycles. The monoisotopic (exact) mass is 129 g/mol. The van der Waals surface area contributed by atoms with Crippen molar-refractivity contribution < 1.29 is 9.90 Å². The Morgan fingerprint density at radius 3 is 2.67 bits per heavy atom. The molecule has 1 aliphatic rings. The summed E-state index contributed by atoms with van der Waals surface area (Å²) in [5.41, 5.74) is 4.58. The predicted molar refractivity (Wildman–Crippen MR) is 33.0 cm³/mol. The maximum atomic E-state index is 10.3. The molecular formula is C6H11NO2. The first-order valence-corrected chi connectivity index (χ1v) is 3.13. The highest BCUT2D eigenvalue weighted by Gasteiger charge is 2.56. The standard InChI is InChI=1S/C6H11NO2/c1-2-4-3-6(4,7)5(8)9/h4H,2-3,7H2,1H3,(H,8,9)/t4-,6-/m1/s1. The number of nitrogens with two attached hydrogens (primary N) is 1. The van der Waals surface area contributed by atoms with Crippen LogP contribution in [0.2, 0.25) is 0 Å². The van der Waals surface area contributed by atoms with Gasteiger partial charge in [0, 0.05) is 0 Å². The van der Waals surface area contributed by atoms with E-state index < -0.39 is 11.5 Å². The van der Waals surface area contributed by atoms with E-state index in [1.165, 1.54) is 0 Å². The molecule has 0 heterocycles. The summed E-state index contributed by atoms with van der Waals surface area (Å²) in [5, 5.41) is 8.49. The van der Waals surface area contributed by atoms with Crippen molar-refractivity contribution >= 4 is 5.97 Å². The maximum Gasteiger partial charge on any atom is 0.323 e. The van der Waals surface area contributed by atoms with Crippen molar-refractivity contribution in [1.29, 1.82) is 0 Å². The van der Waals surface area contributed by atoms with Gasteiger partial charge in [-0.1, -0.05) is 13.3 Å². The van der Waals surface area contributed by atoms with Crippen molar-refractivity contribution in [3.63, 3.8) is 0 Å². The molecule has 0 unspecified atom stereocenters. The van der Waals surface area contributed by atoms with Crippen LogP contribution in [0.3, 0.4) is 0 Å². The molecule has 3 N–H and O–H groups in total. The third kappa shape index (κ3) is 0.812. The highest BCUT2D eigenvalue weighted by Crippen LogP contribution is 2.43. The van der Waals surface area contributed by atoms with Crippen molar-refractivity contribution in [2.45, 2.75) is 25.3 Å². The summed E-state index contributed by atoms with van der Waals surface area (Å²) in [6.07, 6.45) is 1.53. The quantitative estimate of drug-likeness (QED) is 0.559. The Balaban J connectivity index is 2.52. The molecule has 52 valence electrons. The van der Waals surface area contributed by atoms with Crippen LogP contribution >= 0.6 is 0 Å². The van der Waals surface area contributed by atoms with Crippen LogP contribution in [0.5, 0.6) is 0 Å². The van der Waals surface area contributed by atoms with Gasteiger partial charge in [0.2, 0.25) is 0 Å². The topological polar surface area (TPSA) is 63.3 Å². The van der Waals surface area contributed by atoms with Crippen molar-refractivity contribution in [2.24, 2.45) is 11.7 Å². The van der Waals surface area contributed by atoms with E-state index in [0.29, 0.717) is 6.42 Å². The Labute approximate surface area is 53.9 Å². The molecule has 3 heteroatoms. The lowest BCUT2D eigenvalue weighted by molar-refractivity contribution is -0.140. The van der Waals surface area contributed by atoms with Crippen molar-refractivity contribution in [3.8, 4) is 0 Å². The van der Waals surface area contributed by atoms with Gasteiger partial charge in [0.15, 0.2) is 0 Å². The highest BCUT2D eigenvalue weighted by molar-refractivity contribution is 5.82. The molecular weight excluding hydrogens is 118 g/mol. The second kappa shape index (κ2) is 1.70. The van der Waals surface area contributed by atoms with E-state index in [0.717, 1.165) is 6.42 Å². The highest BCUT2D eigenvalue weighted by atomic mass is 16.4. The van der Waals surface area contributed by atoms with E-state index in [4.69, 9.17) is 10.8 Å². The SMILES string of the molecule is CC[C@@H]1C[C@]1(N)C(=O)O. The van der Waals surface area contributed by atoms with Crippen LogP contribution in [0.4, 0.5) is 0 Å². The maximum absolute atomic E-state index is 10.3. The van der Waals surface area contributed by atoms with E-state index in [1.54, 1.807) is 0 Å². The van der Waals surface area contributed by atoms with Gasteiger partial charge in [-0.2, -0.15) is 0 Å². The molecule has 0 saturated heterocycles. The van der Waals surface area contributed by atoms with Gasteiger partial charge >= 0.3 is 5.97 Å². The molecule has 1 rings (SSSR count). The van der Waals surface area contributed by atoms with Gasteiger partial charge in [0.25, 0.3) is 0 Å². The average Bonchev–Trinajstić information content (AvgIpc) is 2.44. The Bertz CT molecular complexity index is 146. The summed E-state index contributed by atoms with van der Waals surface area (Å²) in [4.78, 5) is 10.3.